The molecule has 94 valence electrons. The van der Waals surface area contributed by atoms with Gasteiger partial charge in [-0.05, 0) is 5.92 Å². The quantitative estimate of drug-likeness (QED) is 0.556. The maximum Gasteiger partial charge on any atom is 0.308 e. The third-order valence-electron chi connectivity index (χ3n) is 2.54. The smallest absolute Gasteiger partial charge is 0.308 e. The molecule has 1 unspecified atom stereocenters. The third kappa shape index (κ3) is 5.73. The molecule has 0 saturated carbocycles. The normalized spacial score (nSPS) is 12.7. The SMILES string of the molecule is CC(C)C(=O)NCCOC(=O)C(C)C(C)C. The number of carbonyl (C=O) groups is 2. The number of rotatable bonds is 6. The van der Waals surface area contributed by atoms with Crippen molar-refractivity contribution < 1.29 is 14.3 Å². The number of hydrogen-bond acceptors (Lipinski definition) is 3. The van der Waals surface area contributed by atoms with E-state index >= 15 is 0 Å². The summed E-state index contributed by atoms with van der Waals surface area (Å²) in [5.41, 5.74) is 0. The van der Waals surface area contributed by atoms with Gasteiger partial charge in [-0.1, -0.05) is 34.6 Å². The van der Waals surface area contributed by atoms with Crippen LogP contribution in [0.3, 0.4) is 0 Å². The minimum absolute atomic E-state index is 0.0204. The van der Waals surface area contributed by atoms with Crippen molar-refractivity contribution in [2.24, 2.45) is 17.8 Å². The van der Waals surface area contributed by atoms with Gasteiger partial charge < -0.3 is 10.1 Å². The lowest BCUT2D eigenvalue weighted by Crippen LogP contribution is -2.32. The highest BCUT2D eigenvalue weighted by molar-refractivity contribution is 5.77. The molecule has 0 aromatic heterocycles. The highest BCUT2D eigenvalue weighted by Crippen LogP contribution is 2.10. The van der Waals surface area contributed by atoms with Gasteiger partial charge in [0.1, 0.15) is 6.61 Å². The zero-order chi connectivity index (χ0) is 12.7. The molecule has 1 N–H and O–H groups in total. The molecule has 1 atom stereocenters. The molecule has 0 radical (unpaired) electrons. The Hall–Kier alpha value is -1.06. The van der Waals surface area contributed by atoms with E-state index in [4.69, 9.17) is 4.74 Å². The van der Waals surface area contributed by atoms with Gasteiger partial charge >= 0.3 is 5.97 Å². The summed E-state index contributed by atoms with van der Waals surface area (Å²) in [6, 6.07) is 0. The molecule has 0 aliphatic rings. The fourth-order valence-corrected chi connectivity index (χ4v) is 0.934. The van der Waals surface area contributed by atoms with Crippen LogP contribution in [0.2, 0.25) is 0 Å². The van der Waals surface area contributed by atoms with E-state index in [1.165, 1.54) is 0 Å². The Morgan fingerprint density at radius 1 is 1.12 bits per heavy atom. The average molecular weight is 229 g/mol. The van der Waals surface area contributed by atoms with Crippen LogP contribution in [0.4, 0.5) is 0 Å². The van der Waals surface area contributed by atoms with E-state index in [9.17, 15) is 9.59 Å². The first-order valence-corrected chi connectivity index (χ1v) is 5.80. The Morgan fingerprint density at radius 2 is 1.69 bits per heavy atom. The first kappa shape index (κ1) is 14.9. The molecule has 0 aliphatic carbocycles. The number of hydrogen-bond donors (Lipinski definition) is 1. The molecule has 0 saturated heterocycles. The van der Waals surface area contributed by atoms with Crippen LogP contribution in [0.25, 0.3) is 0 Å². The van der Waals surface area contributed by atoms with Gasteiger partial charge in [0.15, 0.2) is 0 Å². The lowest BCUT2D eigenvalue weighted by Gasteiger charge is -2.14. The molecular weight excluding hydrogens is 206 g/mol. The van der Waals surface area contributed by atoms with Crippen molar-refractivity contribution in [3.05, 3.63) is 0 Å². The number of carbonyl (C=O) groups excluding carboxylic acids is 2. The lowest BCUT2D eigenvalue weighted by atomic mass is 9.99. The molecule has 0 fully saturated rings. The minimum Gasteiger partial charge on any atom is -0.464 e. The molecule has 0 bridgehead atoms. The highest BCUT2D eigenvalue weighted by Gasteiger charge is 2.17. The second-order valence-electron chi connectivity index (χ2n) is 4.65. The summed E-state index contributed by atoms with van der Waals surface area (Å²) in [5, 5.41) is 2.69. The summed E-state index contributed by atoms with van der Waals surface area (Å²) in [6.45, 7) is 10.1. The molecule has 16 heavy (non-hydrogen) atoms. The summed E-state index contributed by atoms with van der Waals surface area (Å²) in [6.07, 6.45) is 0. The Balaban J connectivity index is 3.67. The van der Waals surface area contributed by atoms with Gasteiger partial charge in [0, 0.05) is 5.92 Å². The van der Waals surface area contributed by atoms with Crippen LogP contribution in [0.15, 0.2) is 0 Å². The first-order chi connectivity index (χ1) is 7.36. The monoisotopic (exact) mass is 229 g/mol. The maximum atomic E-state index is 11.4. The molecule has 4 heteroatoms. The van der Waals surface area contributed by atoms with Gasteiger partial charge in [0.25, 0.3) is 0 Å². The van der Waals surface area contributed by atoms with E-state index in [0.29, 0.717) is 6.54 Å². The molecule has 0 aliphatic heterocycles. The van der Waals surface area contributed by atoms with Crippen molar-refractivity contribution in [1.29, 1.82) is 0 Å². The number of ether oxygens (including phenoxy) is 1. The van der Waals surface area contributed by atoms with Crippen molar-refractivity contribution in [2.75, 3.05) is 13.2 Å². The third-order valence-corrected chi connectivity index (χ3v) is 2.54. The largest absolute Gasteiger partial charge is 0.464 e. The number of nitrogens with one attached hydrogen (secondary N) is 1. The lowest BCUT2D eigenvalue weighted by molar-refractivity contribution is -0.149. The van der Waals surface area contributed by atoms with Crippen molar-refractivity contribution in [3.63, 3.8) is 0 Å². The van der Waals surface area contributed by atoms with Crippen molar-refractivity contribution >= 4 is 11.9 Å². The van der Waals surface area contributed by atoms with E-state index in [-0.39, 0.29) is 36.2 Å². The second kappa shape index (κ2) is 7.25. The van der Waals surface area contributed by atoms with Crippen LogP contribution < -0.4 is 5.32 Å². The molecule has 1 amide bonds. The number of amides is 1. The number of esters is 1. The van der Waals surface area contributed by atoms with Gasteiger partial charge in [0.2, 0.25) is 5.91 Å². The van der Waals surface area contributed by atoms with Crippen LogP contribution in [0, 0.1) is 17.8 Å². The average Bonchev–Trinajstić information content (AvgIpc) is 2.22. The van der Waals surface area contributed by atoms with E-state index in [1.54, 1.807) is 0 Å². The summed E-state index contributed by atoms with van der Waals surface area (Å²) in [7, 11) is 0. The molecule has 0 aromatic carbocycles. The summed E-state index contributed by atoms with van der Waals surface area (Å²) < 4.78 is 5.04. The minimum atomic E-state index is -0.200. The summed E-state index contributed by atoms with van der Waals surface area (Å²) in [4.78, 5) is 22.6. The Bertz CT molecular complexity index is 236. The second-order valence-corrected chi connectivity index (χ2v) is 4.65. The predicted molar refractivity (Wildman–Crippen MR) is 62.8 cm³/mol. The predicted octanol–water partition coefficient (Wildman–Crippen LogP) is 1.59. The summed E-state index contributed by atoms with van der Waals surface area (Å²) >= 11 is 0. The first-order valence-electron chi connectivity index (χ1n) is 5.80. The Kier molecular flexibility index (Phi) is 6.77. The molecule has 4 nitrogen and oxygen atoms in total. The molecule has 0 aromatic rings. The van der Waals surface area contributed by atoms with Crippen LogP contribution in [0.1, 0.15) is 34.6 Å². The molecule has 0 heterocycles. The topological polar surface area (TPSA) is 55.4 Å². The fourth-order valence-electron chi connectivity index (χ4n) is 0.934. The Labute approximate surface area is 97.7 Å². The van der Waals surface area contributed by atoms with Gasteiger partial charge in [-0.3, -0.25) is 9.59 Å². The van der Waals surface area contributed by atoms with Gasteiger partial charge in [-0.2, -0.15) is 0 Å². The zero-order valence-electron chi connectivity index (χ0n) is 10.9. The van der Waals surface area contributed by atoms with E-state index in [0.717, 1.165) is 0 Å². The van der Waals surface area contributed by atoms with E-state index in [2.05, 4.69) is 5.32 Å². The van der Waals surface area contributed by atoms with E-state index in [1.807, 2.05) is 34.6 Å². The van der Waals surface area contributed by atoms with E-state index < -0.39 is 0 Å². The van der Waals surface area contributed by atoms with Crippen molar-refractivity contribution in [2.45, 2.75) is 34.6 Å². The standard InChI is InChI=1S/C12H23NO3/c1-8(2)10(5)12(15)16-7-6-13-11(14)9(3)4/h8-10H,6-7H2,1-5H3,(H,13,14). The Morgan fingerprint density at radius 3 is 2.12 bits per heavy atom. The van der Waals surface area contributed by atoms with Crippen LogP contribution in [0.5, 0.6) is 0 Å². The zero-order valence-corrected chi connectivity index (χ0v) is 10.9. The van der Waals surface area contributed by atoms with Crippen LogP contribution in [-0.4, -0.2) is 25.0 Å². The van der Waals surface area contributed by atoms with Crippen LogP contribution in [-0.2, 0) is 14.3 Å². The maximum absolute atomic E-state index is 11.4. The highest BCUT2D eigenvalue weighted by atomic mass is 16.5. The van der Waals surface area contributed by atoms with Crippen molar-refractivity contribution in [3.8, 4) is 0 Å². The molecule has 0 spiro atoms. The van der Waals surface area contributed by atoms with Gasteiger partial charge in [-0.15, -0.1) is 0 Å². The van der Waals surface area contributed by atoms with Crippen molar-refractivity contribution in [1.82, 2.24) is 5.32 Å². The summed E-state index contributed by atoms with van der Waals surface area (Å²) in [5.74, 6) is -0.0782. The molecular formula is C12H23NO3. The van der Waals surface area contributed by atoms with Gasteiger partial charge in [-0.25, -0.2) is 0 Å². The molecule has 0 rings (SSSR count). The van der Waals surface area contributed by atoms with Gasteiger partial charge in [0.05, 0.1) is 12.5 Å². The van der Waals surface area contributed by atoms with Crippen LogP contribution >= 0.6 is 0 Å². The fraction of sp³-hybridized carbons (Fsp3) is 0.833.